The number of halogens is 1. The van der Waals surface area contributed by atoms with Gasteiger partial charge in [0.05, 0.1) is 17.5 Å². The number of hydrogen-bond donors (Lipinski definition) is 13. The fraction of sp³-hybridized carbons (Fsp3) is 0.443. The second kappa shape index (κ2) is 31.5. The predicted octanol–water partition coefficient (Wildman–Crippen LogP) is 2.52. The minimum Gasteiger partial charge on any atom is -0.445 e. The Bertz CT molecular complexity index is 3520. The number of nitrogens with two attached hydrogens (primary N) is 1. The number of nitrogens with zero attached hydrogens (tertiary/aromatic N) is 2. The number of alkyl carbamates (subject to hydrolysis) is 1. The Hall–Kier alpha value is -8.42. The lowest BCUT2D eigenvalue weighted by atomic mass is 9.95. The summed E-state index contributed by atoms with van der Waals surface area (Å²) >= 11 is 10.6. The molecule has 2 fully saturated rings. The van der Waals surface area contributed by atoms with Gasteiger partial charge in [0.1, 0.15) is 67.7 Å². The normalized spacial score (nSPS) is 20.2. The van der Waals surface area contributed by atoms with E-state index >= 15 is 0 Å². The number of carbonyl (C=O) groups excluding carboxylic acids is 10. The summed E-state index contributed by atoms with van der Waals surface area (Å²) in [7, 11) is 0. The van der Waals surface area contributed by atoms with Crippen LogP contribution in [0.2, 0.25) is 0 Å². The van der Waals surface area contributed by atoms with Crippen LogP contribution in [-0.2, 0) is 54.4 Å². The molecule has 28 nitrogen and oxygen atoms in total. The molecule has 4 aromatic carbocycles. The summed E-state index contributed by atoms with van der Waals surface area (Å²) in [4.78, 5) is 135. The number of nitrogens with one attached hydrogen (secondary N) is 7. The minimum absolute atomic E-state index is 0.0602. The van der Waals surface area contributed by atoms with Gasteiger partial charge in [-0.1, -0.05) is 56.7 Å². The van der Waals surface area contributed by atoms with Crippen molar-refractivity contribution in [3.63, 3.8) is 0 Å². The molecule has 3 aliphatic heterocycles. The van der Waals surface area contributed by atoms with E-state index in [1.165, 1.54) is 9.80 Å². The number of unbranched alkanes of at least 4 members (excludes halogenated alkanes) is 2. The van der Waals surface area contributed by atoms with Crippen LogP contribution in [0.25, 0.3) is 21.7 Å². The molecule has 5 aromatic rings. The number of hydrogen-bond acceptors (Lipinski definition) is 19. The topological polar surface area (TPSA) is 409 Å². The molecule has 2 saturated heterocycles. The van der Waals surface area contributed by atoms with Crippen molar-refractivity contribution in [2.24, 2.45) is 11.7 Å². The molecule has 488 valence electrons. The third-order valence-corrected chi connectivity index (χ3v) is 16.3. The number of benzene rings is 4. The first-order chi connectivity index (χ1) is 43.5. The summed E-state index contributed by atoms with van der Waals surface area (Å²) in [6, 6.07) is 18.5. The van der Waals surface area contributed by atoms with E-state index in [-0.39, 0.29) is 92.9 Å². The first-order valence-electron chi connectivity index (χ1n) is 29.5. The number of imide groups is 1. The van der Waals surface area contributed by atoms with E-state index in [2.05, 4.69) is 49.5 Å². The summed E-state index contributed by atoms with van der Waals surface area (Å²) in [6.07, 6.45) is -6.87. The van der Waals surface area contributed by atoms with E-state index in [1.54, 1.807) is 86.6 Å². The molecule has 13 N–H and O–H groups in total. The largest absolute Gasteiger partial charge is 0.445 e. The molecule has 1 aromatic heterocycles. The van der Waals surface area contributed by atoms with Crippen LogP contribution in [0, 0.1) is 5.92 Å². The molecule has 3 aliphatic rings. The zero-order valence-corrected chi connectivity index (χ0v) is 51.3. The molecular formula is C61H73ClN10O18S. The van der Waals surface area contributed by atoms with Gasteiger partial charge in [-0.15, -0.1) is 11.6 Å². The molecule has 0 saturated carbocycles. The maximum atomic E-state index is 14.4. The van der Waals surface area contributed by atoms with Crippen LogP contribution in [0.15, 0.2) is 78.9 Å². The van der Waals surface area contributed by atoms with E-state index in [1.807, 2.05) is 6.07 Å². The zero-order valence-electron chi connectivity index (χ0n) is 49.7. The Morgan fingerprint density at radius 1 is 0.835 bits per heavy atom. The van der Waals surface area contributed by atoms with Crippen molar-refractivity contribution in [1.29, 1.82) is 0 Å². The number of primary amides is 1. The molecular weight excluding hydrogens is 1230 g/mol. The highest BCUT2D eigenvalue weighted by Gasteiger charge is 2.45. The van der Waals surface area contributed by atoms with Crippen molar-refractivity contribution in [2.75, 3.05) is 60.8 Å². The van der Waals surface area contributed by atoms with E-state index in [4.69, 9.17) is 36.3 Å². The van der Waals surface area contributed by atoms with Gasteiger partial charge in [0.2, 0.25) is 35.4 Å². The van der Waals surface area contributed by atoms with E-state index in [0.717, 1.165) is 5.56 Å². The lowest BCUT2D eigenvalue weighted by Crippen LogP contribution is -2.59. The molecule has 0 bridgehead atoms. The first kappa shape index (κ1) is 68.5. The van der Waals surface area contributed by atoms with Crippen LogP contribution in [0.1, 0.15) is 86.3 Å². The van der Waals surface area contributed by atoms with Crippen molar-refractivity contribution in [1.82, 2.24) is 31.2 Å². The smallest absolute Gasteiger partial charge is 0.407 e. The van der Waals surface area contributed by atoms with E-state index in [9.17, 15) is 68.4 Å². The lowest BCUT2D eigenvalue weighted by Gasteiger charge is -2.39. The van der Waals surface area contributed by atoms with Gasteiger partial charge in [0.15, 0.2) is 6.29 Å². The molecule has 9 unspecified atom stereocenters. The Morgan fingerprint density at radius 3 is 2.26 bits per heavy atom. The number of aromatic nitrogens is 1. The molecule has 0 spiro atoms. The van der Waals surface area contributed by atoms with Crippen LogP contribution >= 0.6 is 24.2 Å². The van der Waals surface area contributed by atoms with Gasteiger partial charge >= 0.3 is 18.1 Å². The number of amides is 10. The van der Waals surface area contributed by atoms with Gasteiger partial charge in [-0.05, 0) is 84.5 Å². The van der Waals surface area contributed by atoms with Crippen molar-refractivity contribution >= 4 is 122 Å². The first-order valence-corrected chi connectivity index (χ1v) is 30.5. The molecule has 9 atom stereocenters. The number of H-pyrrole nitrogens is 1. The predicted molar refractivity (Wildman–Crippen MR) is 333 cm³/mol. The average molecular weight is 1300 g/mol. The molecule has 10 amide bonds. The Morgan fingerprint density at radius 2 is 1.57 bits per heavy atom. The van der Waals surface area contributed by atoms with Gasteiger partial charge in [-0.3, -0.25) is 38.5 Å². The van der Waals surface area contributed by atoms with E-state index < -0.39 is 115 Å². The standard InChI is InChI=1S/C61H73ClN10O18S/c1-31(2)51(70-46(74)12-4-3-7-20-71-48(76)24-45(91)58(71)84)56(82)69-40(11-8-19-64-60(63)85)55(81)67-35-15-13-32(14-16-35)29-88-61(86)65-26-47(75)66-36-17-18-39-33(21-36)22-41(68-39)57(83)72-27-34(25-62)50-38-10-6-5-9-37(38)43(23-42(50)72)89-49(77)30-87-59-54(80)53(79)52(78)44(28-73)90-59/h5-6,9-10,13-18,21-23,31,34,40,44-45,51-54,59,68,73,78-80,91H,3-4,7-8,11-12,19-20,24-30H2,1-2H3,(H,65,86)(H,66,75)(H,67,81)(H,69,82)(H,70,74)(H3,63,64,85). The highest BCUT2D eigenvalue weighted by atomic mass is 35.5. The van der Waals surface area contributed by atoms with Crippen LogP contribution in [0.3, 0.4) is 0 Å². The summed E-state index contributed by atoms with van der Waals surface area (Å²) in [5, 5.41) is 57.1. The SMILES string of the molecule is CC(C)C(NC(=O)CCCCCN1C(=O)CC(S)C1=O)C(=O)NC(CCCNC(N)=O)C(=O)Nc1ccc(COC(=O)NCC(=O)Nc2ccc3[nH]c(C(=O)N4CC(CCl)c5c4cc(OC(=O)COC4OC(CO)C(O)C(O)C4O)c4ccccc54)cc3c2)cc1. The van der Waals surface area contributed by atoms with E-state index in [0.29, 0.717) is 63.6 Å². The molecule has 30 heteroatoms. The number of likely N-dealkylation sites (tertiary alicyclic amines) is 1. The van der Waals surface area contributed by atoms with Crippen molar-refractivity contribution < 1.29 is 87.3 Å². The number of aromatic amines is 1. The number of aliphatic hydroxyl groups excluding tert-OH is 4. The third kappa shape index (κ3) is 17.5. The number of urea groups is 1. The van der Waals surface area contributed by atoms with Crippen LogP contribution in [-0.4, -0.2) is 183 Å². The number of thiol groups is 1. The Balaban J connectivity index is 0.803. The lowest BCUT2D eigenvalue weighted by molar-refractivity contribution is -0.299. The number of aliphatic hydroxyl groups is 4. The maximum absolute atomic E-state index is 14.4. The molecule has 0 radical (unpaired) electrons. The zero-order chi connectivity index (χ0) is 65.6. The van der Waals surface area contributed by atoms with Crippen LogP contribution < -0.4 is 47.3 Å². The molecule has 4 heterocycles. The van der Waals surface area contributed by atoms with Crippen LogP contribution in [0.4, 0.5) is 26.7 Å². The van der Waals surface area contributed by atoms with Gasteiger partial charge < -0.3 is 86.9 Å². The highest BCUT2D eigenvalue weighted by molar-refractivity contribution is 7.81. The fourth-order valence-electron chi connectivity index (χ4n) is 10.7. The van der Waals surface area contributed by atoms with Gasteiger partial charge in [0.25, 0.3) is 5.91 Å². The number of ether oxygens (including phenoxy) is 4. The van der Waals surface area contributed by atoms with Gasteiger partial charge in [0, 0.05) is 78.0 Å². The molecule has 91 heavy (non-hydrogen) atoms. The third-order valence-electron chi connectivity index (χ3n) is 15.5. The summed E-state index contributed by atoms with van der Waals surface area (Å²) in [5.74, 6) is -4.64. The molecule has 8 rings (SSSR count). The monoisotopic (exact) mass is 1300 g/mol. The quantitative estimate of drug-likeness (QED) is 0.00854. The van der Waals surface area contributed by atoms with Crippen molar-refractivity contribution in [3.8, 4) is 5.75 Å². The Kier molecular flexibility index (Phi) is 23.7. The van der Waals surface area contributed by atoms with Crippen molar-refractivity contribution in [3.05, 3.63) is 95.7 Å². The number of anilines is 3. The van der Waals surface area contributed by atoms with Crippen molar-refractivity contribution in [2.45, 2.75) is 119 Å². The van der Waals surface area contributed by atoms with Gasteiger partial charge in [-0.2, -0.15) is 12.6 Å². The highest BCUT2D eigenvalue weighted by Crippen LogP contribution is 2.46. The van der Waals surface area contributed by atoms with Crippen LogP contribution in [0.5, 0.6) is 5.75 Å². The Labute approximate surface area is 531 Å². The maximum Gasteiger partial charge on any atom is 0.407 e. The second-order valence-electron chi connectivity index (χ2n) is 22.4. The number of rotatable bonds is 28. The fourth-order valence-corrected chi connectivity index (χ4v) is 11.3. The summed E-state index contributed by atoms with van der Waals surface area (Å²) < 4.78 is 21.8. The molecule has 0 aliphatic carbocycles. The summed E-state index contributed by atoms with van der Waals surface area (Å²) in [6.45, 7) is 1.85. The number of alkyl halides is 1. The number of fused-ring (bicyclic) bond motifs is 4. The number of carbonyl (C=O) groups is 10. The summed E-state index contributed by atoms with van der Waals surface area (Å²) in [5.41, 5.74) is 8.32. The van der Waals surface area contributed by atoms with Gasteiger partial charge in [-0.25, -0.2) is 14.4 Å². The average Bonchev–Trinajstić information content (AvgIpc) is 1.63. The minimum atomic E-state index is -1.74. The number of esters is 1. The second-order valence-corrected chi connectivity index (χ2v) is 23.4.